The van der Waals surface area contributed by atoms with Crippen LogP contribution in [-0.4, -0.2) is 28.2 Å². The van der Waals surface area contributed by atoms with E-state index in [-0.39, 0.29) is 5.95 Å². The van der Waals surface area contributed by atoms with Crippen LogP contribution < -0.4 is 5.32 Å². The third-order valence-electron chi connectivity index (χ3n) is 1.87. The Hall–Kier alpha value is -1.92. The Bertz CT molecular complexity index is 466. The molecule has 2 heterocycles. The Morgan fingerprint density at radius 3 is 2.94 bits per heavy atom. The SMILES string of the molecule is Cc1ccc(-c2nc(NCC(F)F)n[nH]2)o1. The topological polar surface area (TPSA) is 66.7 Å². The highest BCUT2D eigenvalue weighted by Gasteiger charge is 2.10. The van der Waals surface area contributed by atoms with E-state index in [2.05, 4.69) is 20.5 Å². The van der Waals surface area contributed by atoms with E-state index < -0.39 is 13.0 Å². The summed E-state index contributed by atoms with van der Waals surface area (Å²) in [6.45, 7) is 1.32. The molecule has 16 heavy (non-hydrogen) atoms. The van der Waals surface area contributed by atoms with Crippen molar-refractivity contribution in [3.63, 3.8) is 0 Å². The van der Waals surface area contributed by atoms with Crippen molar-refractivity contribution >= 4 is 5.95 Å². The van der Waals surface area contributed by atoms with E-state index in [1.807, 2.05) is 0 Å². The number of hydrogen-bond donors (Lipinski definition) is 2. The van der Waals surface area contributed by atoms with Crippen LogP contribution in [0, 0.1) is 6.92 Å². The molecule has 2 N–H and O–H groups in total. The standard InChI is InChI=1S/C9H10F2N4O/c1-5-2-3-6(16-5)8-13-9(15-14-8)12-4-7(10)11/h2-3,7H,4H2,1H3,(H2,12,13,14,15). The zero-order valence-corrected chi connectivity index (χ0v) is 8.50. The Morgan fingerprint density at radius 2 is 2.31 bits per heavy atom. The molecule has 5 nitrogen and oxygen atoms in total. The molecule has 2 aromatic rings. The number of H-pyrrole nitrogens is 1. The fraction of sp³-hybridized carbons (Fsp3) is 0.333. The highest BCUT2D eigenvalue weighted by molar-refractivity contribution is 5.48. The van der Waals surface area contributed by atoms with Crippen LogP contribution in [-0.2, 0) is 0 Å². The quantitative estimate of drug-likeness (QED) is 0.840. The average Bonchev–Trinajstić information content (AvgIpc) is 2.83. The smallest absolute Gasteiger partial charge is 0.255 e. The molecule has 0 fully saturated rings. The van der Waals surface area contributed by atoms with Gasteiger partial charge in [0.1, 0.15) is 5.76 Å². The summed E-state index contributed by atoms with van der Waals surface area (Å²) >= 11 is 0. The van der Waals surface area contributed by atoms with Gasteiger partial charge in [0.15, 0.2) is 11.6 Å². The number of anilines is 1. The van der Waals surface area contributed by atoms with E-state index in [1.165, 1.54) is 0 Å². The van der Waals surface area contributed by atoms with Crippen molar-refractivity contribution in [2.45, 2.75) is 13.3 Å². The van der Waals surface area contributed by atoms with Crippen LogP contribution in [0.4, 0.5) is 14.7 Å². The second-order valence-electron chi connectivity index (χ2n) is 3.19. The van der Waals surface area contributed by atoms with E-state index in [9.17, 15) is 8.78 Å². The summed E-state index contributed by atoms with van der Waals surface area (Å²) < 4.78 is 29.1. The fourth-order valence-electron chi connectivity index (χ4n) is 1.18. The summed E-state index contributed by atoms with van der Waals surface area (Å²) in [7, 11) is 0. The fourth-order valence-corrected chi connectivity index (χ4v) is 1.18. The number of hydrogen-bond acceptors (Lipinski definition) is 4. The Kier molecular flexibility index (Phi) is 2.84. The van der Waals surface area contributed by atoms with Gasteiger partial charge in [-0.25, -0.2) is 8.78 Å². The second kappa shape index (κ2) is 4.30. The number of halogens is 2. The number of nitrogens with zero attached hydrogens (tertiary/aromatic N) is 2. The number of rotatable bonds is 4. The summed E-state index contributed by atoms with van der Waals surface area (Å²) in [5, 5.41) is 8.73. The van der Waals surface area contributed by atoms with Crippen molar-refractivity contribution in [2.75, 3.05) is 11.9 Å². The van der Waals surface area contributed by atoms with E-state index in [4.69, 9.17) is 4.42 Å². The van der Waals surface area contributed by atoms with Crippen LogP contribution in [0.5, 0.6) is 0 Å². The molecule has 0 saturated carbocycles. The summed E-state index contributed by atoms with van der Waals surface area (Å²) in [5.74, 6) is 1.80. The minimum Gasteiger partial charge on any atom is -0.458 e. The molecule has 2 rings (SSSR count). The number of nitrogens with one attached hydrogen (secondary N) is 2. The normalized spacial score (nSPS) is 11.0. The Labute approximate surface area is 89.9 Å². The number of furan rings is 1. The van der Waals surface area contributed by atoms with Crippen molar-refractivity contribution < 1.29 is 13.2 Å². The maximum absolute atomic E-state index is 11.9. The number of aryl methyl sites for hydroxylation is 1. The molecule has 0 aliphatic rings. The first-order chi connectivity index (χ1) is 7.65. The van der Waals surface area contributed by atoms with Gasteiger partial charge in [-0.2, -0.15) is 4.98 Å². The van der Waals surface area contributed by atoms with Crippen molar-refractivity contribution in [1.82, 2.24) is 15.2 Å². The van der Waals surface area contributed by atoms with Crippen molar-refractivity contribution in [1.29, 1.82) is 0 Å². The molecule has 0 bridgehead atoms. The molecule has 0 saturated heterocycles. The Morgan fingerprint density at radius 1 is 1.50 bits per heavy atom. The minimum absolute atomic E-state index is 0.129. The highest BCUT2D eigenvalue weighted by atomic mass is 19.3. The van der Waals surface area contributed by atoms with Gasteiger partial charge in [0.25, 0.3) is 6.43 Å². The molecule has 0 radical (unpaired) electrons. The molecule has 0 unspecified atom stereocenters. The summed E-state index contributed by atoms with van der Waals surface area (Å²) in [6, 6.07) is 3.51. The van der Waals surface area contributed by atoms with Gasteiger partial charge in [-0.3, -0.25) is 5.10 Å². The summed E-state index contributed by atoms with van der Waals surface area (Å²) in [5.41, 5.74) is 0. The zero-order chi connectivity index (χ0) is 11.5. The van der Waals surface area contributed by atoms with Crippen LogP contribution in [0.1, 0.15) is 5.76 Å². The molecule has 7 heteroatoms. The van der Waals surface area contributed by atoms with E-state index in [1.54, 1.807) is 19.1 Å². The first-order valence-electron chi connectivity index (χ1n) is 4.66. The lowest BCUT2D eigenvalue weighted by molar-refractivity contribution is 0.163. The summed E-state index contributed by atoms with van der Waals surface area (Å²) in [4.78, 5) is 3.96. The first kappa shape index (κ1) is 10.6. The van der Waals surface area contributed by atoms with Gasteiger partial charge in [0.05, 0.1) is 6.54 Å². The van der Waals surface area contributed by atoms with Gasteiger partial charge in [0.2, 0.25) is 5.95 Å². The van der Waals surface area contributed by atoms with Gasteiger partial charge in [-0.05, 0) is 19.1 Å². The van der Waals surface area contributed by atoms with Crippen LogP contribution >= 0.6 is 0 Å². The van der Waals surface area contributed by atoms with Crippen molar-refractivity contribution in [3.05, 3.63) is 17.9 Å². The van der Waals surface area contributed by atoms with E-state index in [0.717, 1.165) is 5.76 Å². The highest BCUT2D eigenvalue weighted by Crippen LogP contribution is 2.18. The third kappa shape index (κ3) is 2.36. The lowest BCUT2D eigenvalue weighted by Crippen LogP contribution is -2.11. The molecule has 0 aromatic carbocycles. The predicted molar refractivity (Wildman–Crippen MR) is 53.3 cm³/mol. The molecule has 0 atom stereocenters. The summed E-state index contributed by atoms with van der Waals surface area (Å²) in [6.07, 6.45) is -2.44. The number of aromatic amines is 1. The van der Waals surface area contributed by atoms with Crippen molar-refractivity contribution in [3.8, 4) is 11.6 Å². The molecule has 0 amide bonds. The predicted octanol–water partition coefficient (Wildman–Crippen LogP) is 2.05. The molecular formula is C9H10F2N4O. The average molecular weight is 228 g/mol. The van der Waals surface area contributed by atoms with Crippen LogP contribution in [0.3, 0.4) is 0 Å². The largest absolute Gasteiger partial charge is 0.458 e. The van der Waals surface area contributed by atoms with Gasteiger partial charge < -0.3 is 9.73 Å². The van der Waals surface area contributed by atoms with Crippen LogP contribution in [0.25, 0.3) is 11.6 Å². The lowest BCUT2D eigenvalue weighted by Gasteiger charge is -1.97. The minimum atomic E-state index is -2.44. The van der Waals surface area contributed by atoms with E-state index >= 15 is 0 Å². The number of aromatic nitrogens is 3. The maximum atomic E-state index is 11.9. The van der Waals surface area contributed by atoms with Crippen LogP contribution in [0.15, 0.2) is 16.5 Å². The van der Waals surface area contributed by atoms with Gasteiger partial charge in [-0.1, -0.05) is 0 Å². The first-order valence-corrected chi connectivity index (χ1v) is 4.66. The van der Waals surface area contributed by atoms with Gasteiger partial charge >= 0.3 is 0 Å². The second-order valence-corrected chi connectivity index (χ2v) is 3.19. The van der Waals surface area contributed by atoms with Gasteiger partial charge in [0, 0.05) is 0 Å². The lowest BCUT2D eigenvalue weighted by atomic mass is 10.4. The number of alkyl halides is 2. The van der Waals surface area contributed by atoms with Gasteiger partial charge in [-0.15, -0.1) is 5.10 Å². The van der Waals surface area contributed by atoms with Crippen molar-refractivity contribution in [2.24, 2.45) is 0 Å². The molecule has 0 aliphatic heterocycles. The van der Waals surface area contributed by atoms with Crippen LogP contribution in [0.2, 0.25) is 0 Å². The monoisotopic (exact) mass is 228 g/mol. The zero-order valence-electron chi connectivity index (χ0n) is 8.50. The maximum Gasteiger partial charge on any atom is 0.255 e. The molecule has 2 aromatic heterocycles. The third-order valence-corrected chi connectivity index (χ3v) is 1.87. The molecule has 0 spiro atoms. The van der Waals surface area contributed by atoms with E-state index in [0.29, 0.717) is 11.6 Å². The molecule has 86 valence electrons. The molecule has 0 aliphatic carbocycles. The Balaban J connectivity index is 2.07. The molecular weight excluding hydrogens is 218 g/mol.